The lowest BCUT2D eigenvalue weighted by molar-refractivity contribution is -0.144. The number of hydrogen-bond donors (Lipinski definition) is 1. The van der Waals surface area contributed by atoms with Gasteiger partial charge in [-0.2, -0.15) is 26.3 Å². The summed E-state index contributed by atoms with van der Waals surface area (Å²) in [5.41, 5.74) is -1.35. The molecule has 0 fully saturated rings. The molecule has 0 saturated carbocycles. The van der Waals surface area contributed by atoms with E-state index in [0.717, 1.165) is 41.8 Å². The third kappa shape index (κ3) is 8.27. The van der Waals surface area contributed by atoms with Gasteiger partial charge in [0.05, 0.1) is 29.8 Å². The molecule has 2 aromatic carbocycles. The number of unbranched alkanes of at least 4 members (excludes halogenated alkanes) is 5. The Morgan fingerprint density at radius 3 is 2.18 bits per heavy atom. The number of nitrogens with zero attached hydrogens (tertiary/aromatic N) is 4. The summed E-state index contributed by atoms with van der Waals surface area (Å²) in [5.74, 6) is 0.143. The number of imidazole rings is 1. The highest BCUT2D eigenvalue weighted by molar-refractivity contribution is 5.97. The van der Waals surface area contributed by atoms with E-state index in [-0.39, 0.29) is 18.4 Å². The second kappa shape index (κ2) is 14.1. The molecular weight excluding hydrogens is 598 g/mol. The van der Waals surface area contributed by atoms with E-state index in [1.165, 1.54) is 37.5 Å². The maximum absolute atomic E-state index is 13.6. The van der Waals surface area contributed by atoms with Crippen molar-refractivity contribution in [2.24, 2.45) is 5.16 Å². The number of benzene rings is 2. The Hall–Kier alpha value is -3.80. The molecule has 6 nitrogen and oxygen atoms in total. The molecule has 1 N–H and O–H groups in total. The number of aromatic nitrogens is 2. The van der Waals surface area contributed by atoms with Crippen molar-refractivity contribution in [2.75, 3.05) is 13.2 Å². The topological polar surface area (TPSA) is 62.9 Å². The molecule has 0 radical (unpaired) electrons. The average molecular weight is 637 g/mol. The first-order chi connectivity index (χ1) is 21.3. The number of rotatable bonds is 13. The largest absolute Gasteiger partial charge is 0.416 e. The van der Waals surface area contributed by atoms with Crippen LogP contribution in [0, 0.1) is 6.92 Å². The molecule has 1 aliphatic rings. The third-order valence-electron chi connectivity index (χ3n) is 7.87. The molecular formula is C33H38F6N4O2. The van der Waals surface area contributed by atoms with Crippen LogP contribution in [0.1, 0.15) is 85.9 Å². The maximum atomic E-state index is 13.6. The van der Waals surface area contributed by atoms with E-state index >= 15 is 0 Å². The Kier molecular flexibility index (Phi) is 10.7. The number of aliphatic hydroxyl groups excluding tert-OH is 1. The van der Waals surface area contributed by atoms with Crippen molar-refractivity contribution in [3.63, 3.8) is 0 Å². The van der Waals surface area contributed by atoms with Crippen LogP contribution in [0.5, 0.6) is 0 Å². The number of amidine groups is 1. The number of β-amino-alcohol motifs (C(OH)–C–C–N with tert-alkyl or cyclic N) is 1. The Morgan fingerprint density at radius 2 is 1.58 bits per heavy atom. The number of halogens is 6. The summed E-state index contributed by atoms with van der Waals surface area (Å²) in [7, 11) is 0. The molecule has 45 heavy (non-hydrogen) atoms. The van der Waals surface area contributed by atoms with Crippen molar-refractivity contribution in [3.05, 3.63) is 88.5 Å². The highest BCUT2D eigenvalue weighted by Crippen LogP contribution is 2.42. The fourth-order valence-electron chi connectivity index (χ4n) is 5.41. The first-order valence-corrected chi connectivity index (χ1v) is 15.0. The van der Waals surface area contributed by atoms with Crippen LogP contribution < -0.4 is 0 Å². The molecule has 0 aliphatic carbocycles. The number of alkyl halides is 6. The van der Waals surface area contributed by atoms with Crippen LogP contribution >= 0.6 is 0 Å². The zero-order chi connectivity index (χ0) is 32.8. The Bertz CT molecular complexity index is 1480. The minimum absolute atomic E-state index is 0.0669. The number of aryl methyl sites for hydroxylation is 2. The van der Waals surface area contributed by atoms with Gasteiger partial charge in [0, 0.05) is 30.9 Å². The molecule has 1 unspecified atom stereocenters. The molecule has 2 heterocycles. The number of aliphatic hydroxyl groups is 1. The predicted octanol–water partition coefficient (Wildman–Crippen LogP) is 8.65. The predicted molar refractivity (Wildman–Crippen MR) is 161 cm³/mol. The summed E-state index contributed by atoms with van der Waals surface area (Å²) in [5, 5.41) is 13.8. The SMILES string of the molecule is CCCCCCCCc1cc(/C=C/C2=NOC(C)(c3cc(C(F)(F)F)cc(C(F)(F)F)c3)N2CCO)ccc1-n1cnc(C)c1. The Morgan fingerprint density at radius 1 is 0.911 bits per heavy atom. The van der Waals surface area contributed by atoms with Crippen LogP contribution in [0.3, 0.4) is 0 Å². The number of hydrogen-bond acceptors (Lipinski definition) is 5. The number of oxime groups is 1. The molecule has 3 aromatic rings. The summed E-state index contributed by atoms with van der Waals surface area (Å²) in [6.45, 7) is 4.82. The molecule has 0 spiro atoms. The molecule has 1 aliphatic heterocycles. The van der Waals surface area contributed by atoms with Crippen LogP contribution in [0.2, 0.25) is 0 Å². The second-order valence-corrected chi connectivity index (χ2v) is 11.4. The van der Waals surface area contributed by atoms with Gasteiger partial charge >= 0.3 is 12.4 Å². The summed E-state index contributed by atoms with van der Waals surface area (Å²) in [6, 6.07) is 7.23. The molecule has 0 bridgehead atoms. The van der Waals surface area contributed by atoms with Crippen molar-refractivity contribution in [1.29, 1.82) is 0 Å². The first-order valence-electron chi connectivity index (χ1n) is 15.0. The summed E-state index contributed by atoms with van der Waals surface area (Å²) in [6.07, 6.45) is 4.73. The van der Waals surface area contributed by atoms with Crippen molar-refractivity contribution in [2.45, 2.75) is 83.8 Å². The molecule has 1 aromatic heterocycles. The van der Waals surface area contributed by atoms with E-state index in [1.54, 1.807) is 18.5 Å². The maximum Gasteiger partial charge on any atom is 0.416 e. The van der Waals surface area contributed by atoms with Crippen molar-refractivity contribution < 1.29 is 36.3 Å². The lowest BCUT2D eigenvalue weighted by atomic mass is 9.96. The molecule has 0 amide bonds. The molecule has 12 heteroatoms. The third-order valence-corrected chi connectivity index (χ3v) is 7.87. The zero-order valence-corrected chi connectivity index (χ0v) is 25.5. The summed E-state index contributed by atoms with van der Waals surface area (Å²) >= 11 is 0. The average Bonchev–Trinajstić information content (AvgIpc) is 3.56. The first kappa shape index (κ1) is 34.1. The van der Waals surface area contributed by atoms with E-state index in [4.69, 9.17) is 4.84 Å². The minimum atomic E-state index is -5.02. The van der Waals surface area contributed by atoms with Crippen molar-refractivity contribution >= 4 is 11.9 Å². The second-order valence-electron chi connectivity index (χ2n) is 11.4. The molecule has 1 atom stereocenters. The zero-order valence-electron chi connectivity index (χ0n) is 25.5. The fraction of sp³-hybridized carbons (Fsp3) is 0.455. The van der Waals surface area contributed by atoms with Gasteiger partial charge in [-0.15, -0.1) is 0 Å². The summed E-state index contributed by atoms with van der Waals surface area (Å²) in [4.78, 5) is 11.2. The van der Waals surface area contributed by atoms with E-state index in [1.807, 2.05) is 35.9 Å². The lowest BCUT2D eigenvalue weighted by Crippen LogP contribution is -2.45. The van der Waals surface area contributed by atoms with Gasteiger partial charge < -0.3 is 19.4 Å². The molecule has 244 valence electrons. The monoisotopic (exact) mass is 636 g/mol. The van der Waals surface area contributed by atoms with Crippen LogP contribution in [-0.4, -0.2) is 38.5 Å². The van der Waals surface area contributed by atoms with Gasteiger partial charge in [-0.05, 0) is 67.3 Å². The minimum Gasteiger partial charge on any atom is -0.395 e. The van der Waals surface area contributed by atoms with Gasteiger partial charge in [0.15, 0.2) is 5.84 Å². The van der Waals surface area contributed by atoms with E-state index in [0.29, 0.717) is 12.1 Å². The molecule has 0 saturated heterocycles. The quantitative estimate of drug-likeness (QED) is 0.151. The lowest BCUT2D eigenvalue weighted by Gasteiger charge is -2.34. The molecule has 4 rings (SSSR count). The smallest absolute Gasteiger partial charge is 0.395 e. The summed E-state index contributed by atoms with van der Waals surface area (Å²) < 4.78 is 83.5. The van der Waals surface area contributed by atoms with Gasteiger partial charge in [-0.1, -0.05) is 56.3 Å². The van der Waals surface area contributed by atoms with Crippen LogP contribution in [-0.2, 0) is 29.3 Å². The van der Waals surface area contributed by atoms with Crippen LogP contribution in [0.15, 0.2) is 60.2 Å². The highest BCUT2D eigenvalue weighted by atomic mass is 19.4. The standard InChI is InChI=1S/C33H38F6N4O2/c1-4-5-6-7-8-9-10-25-17-24(11-13-29(25)42-21-23(2)40-22-42)12-14-30-41-45-31(3,43(30)15-16-44)26-18-27(32(34,35)36)20-28(19-26)33(37,38)39/h11-14,17-22,44H,4-10,15-16H2,1-3H3/b14-12+. The van der Waals surface area contributed by atoms with E-state index in [2.05, 4.69) is 17.1 Å². The Labute approximate surface area is 259 Å². The van der Waals surface area contributed by atoms with Gasteiger partial charge in [0.25, 0.3) is 0 Å². The van der Waals surface area contributed by atoms with Gasteiger partial charge in [-0.25, -0.2) is 4.98 Å². The normalized spacial score (nSPS) is 17.3. The van der Waals surface area contributed by atoms with Crippen LogP contribution in [0.25, 0.3) is 11.8 Å². The van der Waals surface area contributed by atoms with Crippen molar-refractivity contribution in [1.82, 2.24) is 14.5 Å². The van der Waals surface area contributed by atoms with E-state index < -0.39 is 41.4 Å². The van der Waals surface area contributed by atoms with Gasteiger partial charge in [-0.3, -0.25) is 0 Å². The van der Waals surface area contributed by atoms with Gasteiger partial charge in [0.1, 0.15) is 0 Å². The van der Waals surface area contributed by atoms with Gasteiger partial charge in [0.2, 0.25) is 5.72 Å². The fourth-order valence-corrected chi connectivity index (χ4v) is 5.41. The highest BCUT2D eigenvalue weighted by Gasteiger charge is 2.46. The van der Waals surface area contributed by atoms with Crippen molar-refractivity contribution in [3.8, 4) is 5.69 Å². The van der Waals surface area contributed by atoms with E-state index in [9.17, 15) is 31.4 Å². The van der Waals surface area contributed by atoms with Crippen LogP contribution in [0.4, 0.5) is 26.3 Å². The Balaban J connectivity index is 1.62.